The molecular formula is C18H28N2. The summed E-state index contributed by atoms with van der Waals surface area (Å²) in [6.07, 6.45) is 9.87. The van der Waals surface area contributed by atoms with Crippen LogP contribution in [0.4, 0.5) is 0 Å². The molecule has 110 valence electrons. The Morgan fingerprint density at radius 1 is 1.05 bits per heavy atom. The third kappa shape index (κ3) is 3.24. The molecule has 2 heteroatoms. The highest BCUT2D eigenvalue weighted by Crippen LogP contribution is 2.32. The van der Waals surface area contributed by atoms with E-state index >= 15 is 0 Å². The first kappa shape index (κ1) is 14.1. The average Bonchev–Trinajstić information content (AvgIpc) is 2.49. The summed E-state index contributed by atoms with van der Waals surface area (Å²) in [5.41, 5.74) is 8.92. The summed E-state index contributed by atoms with van der Waals surface area (Å²) in [4.78, 5) is 2.64. The van der Waals surface area contributed by atoms with Gasteiger partial charge in [-0.05, 0) is 29.9 Å². The van der Waals surface area contributed by atoms with E-state index in [-0.39, 0.29) is 0 Å². The van der Waals surface area contributed by atoms with E-state index < -0.39 is 0 Å². The van der Waals surface area contributed by atoms with Crippen molar-refractivity contribution >= 4 is 0 Å². The summed E-state index contributed by atoms with van der Waals surface area (Å²) in [5, 5.41) is 0. The second-order valence-electron chi connectivity index (χ2n) is 6.63. The van der Waals surface area contributed by atoms with Gasteiger partial charge in [0.1, 0.15) is 0 Å². The van der Waals surface area contributed by atoms with Gasteiger partial charge in [0.05, 0.1) is 0 Å². The Hall–Kier alpha value is -0.860. The molecule has 1 saturated carbocycles. The summed E-state index contributed by atoms with van der Waals surface area (Å²) in [6.45, 7) is 2.93. The molecule has 1 atom stereocenters. The van der Waals surface area contributed by atoms with Crippen molar-refractivity contribution in [2.75, 3.05) is 13.1 Å². The minimum atomic E-state index is 0.719. The molecule has 2 aliphatic rings. The number of rotatable bonds is 4. The lowest BCUT2D eigenvalue weighted by atomic mass is 9.81. The van der Waals surface area contributed by atoms with Gasteiger partial charge in [0.2, 0.25) is 0 Å². The lowest BCUT2D eigenvalue weighted by Crippen LogP contribution is -2.44. The minimum Gasteiger partial charge on any atom is -0.329 e. The molecule has 0 spiro atoms. The van der Waals surface area contributed by atoms with Gasteiger partial charge in [-0.3, -0.25) is 4.90 Å². The maximum atomic E-state index is 5.83. The van der Waals surface area contributed by atoms with Crippen molar-refractivity contribution in [3.05, 3.63) is 35.4 Å². The third-order valence-corrected chi connectivity index (χ3v) is 5.21. The van der Waals surface area contributed by atoms with Crippen molar-refractivity contribution in [1.82, 2.24) is 4.90 Å². The molecule has 1 heterocycles. The normalized spacial score (nSPS) is 24.6. The van der Waals surface area contributed by atoms with Crippen LogP contribution in [0.5, 0.6) is 0 Å². The molecule has 1 unspecified atom stereocenters. The van der Waals surface area contributed by atoms with Crippen molar-refractivity contribution in [2.45, 2.75) is 57.5 Å². The van der Waals surface area contributed by atoms with E-state index in [2.05, 4.69) is 29.2 Å². The molecule has 1 aromatic rings. The predicted molar refractivity (Wildman–Crippen MR) is 84.6 cm³/mol. The van der Waals surface area contributed by atoms with Crippen LogP contribution in [-0.2, 0) is 13.0 Å². The van der Waals surface area contributed by atoms with E-state index in [4.69, 9.17) is 5.73 Å². The summed E-state index contributed by atoms with van der Waals surface area (Å²) in [6, 6.07) is 9.69. The highest BCUT2D eigenvalue weighted by atomic mass is 15.2. The van der Waals surface area contributed by atoms with Crippen molar-refractivity contribution in [1.29, 1.82) is 0 Å². The lowest BCUT2D eigenvalue weighted by Gasteiger charge is -2.39. The van der Waals surface area contributed by atoms with E-state index in [1.54, 1.807) is 5.56 Å². The number of hydrogen-bond acceptors (Lipinski definition) is 2. The molecule has 2 N–H and O–H groups in total. The molecule has 20 heavy (non-hydrogen) atoms. The van der Waals surface area contributed by atoms with Crippen molar-refractivity contribution in [2.24, 2.45) is 11.7 Å². The van der Waals surface area contributed by atoms with E-state index in [1.807, 2.05) is 0 Å². The smallest absolute Gasteiger partial charge is 0.0240 e. The van der Waals surface area contributed by atoms with Crippen LogP contribution in [0.25, 0.3) is 0 Å². The Kier molecular flexibility index (Phi) is 4.74. The number of fused-ring (bicyclic) bond motifs is 1. The van der Waals surface area contributed by atoms with E-state index in [0.717, 1.165) is 31.6 Å². The van der Waals surface area contributed by atoms with Gasteiger partial charge in [0.25, 0.3) is 0 Å². The van der Waals surface area contributed by atoms with Gasteiger partial charge in [-0.25, -0.2) is 0 Å². The van der Waals surface area contributed by atoms with Gasteiger partial charge in [-0.2, -0.15) is 0 Å². The zero-order valence-electron chi connectivity index (χ0n) is 12.6. The topological polar surface area (TPSA) is 29.3 Å². The Labute approximate surface area is 123 Å². The van der Waals surface area contributed by atoms with Crippen LogP contribution < -0.4 is 5.73 Å². The van der Waals surface area contributed by atoms with Crippen molar-refractivity contribution in [3.63, 3.8) is 0 Å². The first-order valence-corrected chi connectivity index (χ1v) is 8.37. The van der Waals surface area contributed by atoms with Gasteiger partial charge >= 0.3 is 0 Å². The lowest BCUT2D eigenvalue weighted by molar-refractivity contribution is 0.139. The van der Waals surface area contributed by atoms with Crippen LogP contribution >= 0.6 is 0 Å². The van der Waals surface area contributed by atoms with Gasteiger partial charge in [-0.15, -0.1) is 0 Å². The average molecular weight is 272 g/mol. The second-order valence-corrected chi connectivity index (χ2v) is 6.63. The number of hydrogen-bond donors (Lipinski definition) is 1. The highest BCUT2D eigenvalue weighted by Gasteiger charge is 2.28. The molecule has 0 bridgehead atoms. The molecule has 1 aliphatic heterocycles. The zero-order valence-corrected chi connectivity index (χ0v) is 12.6. The zero-order chi connectivity index (χ0) is 13.8. The first-order valence-electron chi connectivity index (χ1n) is 8.37. The molecule has 2 nitrogen and oxygen atoms in total. The van der Waals surface area contributed by atoms with Crippen LogP contribution in [0, 0.1) is 5.92 Å². The van der Waals surface area contributed by atoms with Crippen LogP contribution in [0.1, 0.15) is 49.7 Å². The number of benzene rings is 1. The van der Waals surface area contributed by atoms with Gasteiger partial charge in [0.15, 0.2) is 0 Å². The van der Waals surface area contributed by atoms with Gasteiger partial charge in [-0.1, -0.05) is 56.4 Å². The molecule has 0 aromatic heterocycles. The van der Waals surface area contributed by atoms with Crippen LogP contribution in [0.3, 0.4) is 0 Å². The Morgan fingerprint density at radius 3 is 2.55 bits per heavy atom. The monoisotopic (exact) mass is 272 g/mol. The fourth-order valence-electron chi connectivity index (χ4n) is 4.11. The van der Waals surface area contributed by atoms with Crippen LogP contribution in [-0.4, -0.2) is 24.0 Å². The molecule has 0 radical (unpaired) electrons. The van der Waals surface area contributed by atoms with Gasteiger partial charge in [0, 0.05) is 25.7 Å². The van der Waals surface area contributed by atoms with Crippen molar-refractivity contribution in [3.8, 4) is 0 Å². The number of nitrogens with zero attached hydrogens (tertiary/aromatic N) is 1. The molecular weight excluding hydrogens is 244 g/mol. The number of nitrogens with two attached hydrogens (primary N) is 1. The molecule has 1 fully saturated rings. The summed E-state index contributed by atoms with van der Waals surface area (Å²) in [7, 11) is 0. The minimum absolute atomic E-state index is 0.719. The van der Waals surface area contributed by atoms with E-state index in [0.29, 0.717) is 0 Å². The standard InChI is InChI=1S/C18H28N2/c19-10-11-20-14-17-9-5-4-8-16(17)13-18(20)12-15-6-2-1-3-7-15/h4-5,8-9,15,18H,1-3,6-7,10-14,19H2. The van der Waals surface area contributed by atoms with E-state index in [9.17, 15) is 0 Å². The largest absolute Gasteiger partial charge is 0.329 e. The fourth-order valence-corrected chi connectivity index (χ4v) is 4.11. The van der Waals surface area contributed by atoms with E-state index in [1.165, 1.54) is 50.5 Å². The molecule has 1 aromatic carbocycles. The Bertz CT molecular complexity index is 423. The molecule has 3 rings (SSSR count). The SMILES string of the molecule is NCCN1Cc2ccccc2CC1CC1CCCCC1. The van der Waals surface area contributed by atoms with Crippen LogP contribution in [0.2, 0.25) is 0 Å². The quantitative estimate of drug-likeness (QED) is 0.911. The fraction of sp³-hybridized carbons (Fsp3) is 0.667. The Balaban J connectivity index is 1.70. The summed E-state index contributed by atoms with van der Waals surface area (Å²) >= 11 is 0. The second kappa shape index (κ2) is 6.73. The summed E-state index contributed by atoms with van der Waals surface area (Å²) in [5.74, 6) is 0.958. The van der Waals surface area contributed by atoms with Crippen molar-refractivity contribution < 1.29 is 0 Å². The Morgan fingerprint density at radius 2 is 1.80 bits per heavy atom. The highest BCUT2D eigenvalue weighted by molar-refractivity contribution is 5.30. The van der Waals surface area contributed by atoms with Gasteiger partial charge < -0.3 is 5.73 Å². The maximum Gasteiger partial charge on any atom is 0.0240 e. The first-order chi connectivity index (χ1) is 9.86. The molecule has 0 saturated heterocycles. The third-order valence-electron chi connectivity index (χ3n) is 5.21. The van der Waals surface area contributed by atoms with Crippen LogP contribution in [0.15, 0.2) is 24.3 Å². The summed E-state index contributed by atoms with van der Waals surface area (Å²) < 4.78 is 0. The maximum absolute atomic E-state index is 5.83. The molecule has 1 aliphatic carbocycles. The predicted octanol–water partition coefficient (Wildman–Crippen LogP) is 3.34. The molecule has 0 amide bonds.